The first-order valence-corrected chi connectivity index (χ1v) is 6.28. The SMILES string of the molecule is CCOC(=O)CNC(=O)C1(CN)CCCCC1. The Balaban J connectivity index is 2.46. The van der Waals surface area contributed by atoms with E-state index in [2.05, 4.69) is 5.32 Å². The van der Waals surface area contributed by atoms with Gasteiger partial charge in [-0.05, 0) is 19.8 Å². The standard InChI is InChI=1S/C12H22N2O3/c1-2-17-10(15)8-14-11(16)12(9-13)6-4-3-5-7-12/h2-9,13H2,1H3,(H,14,16). The summed E-state index contributed by atoms with van der Waals surface area (Å²) in [6.45, 7) is 2.36. The molecular formula is C12H22N2O3. The first-order valence-electron chi connectivity index (χ1n) is 6.28. The van der Waals surface area contributed by atoms with Crippen LogP contribution in [0.5, 0.6) is 0 Å². The summed E-state index contributed by atoms with van der Waals surface area (Å²) in [7, 11) is 0. The lowest BCUT2D eigenvalue weighted by atomic mass is 9.73. The first-order chi connectivity index (χ1) is 8.14. The van der Waals surface area contributed by atoms with Crippen molar-refractivity contribution < 1.29 is 14.3 Å². The average Bonchev–Trinajstić information content (AvgIpc) is 2.37. The van der Waals surface area contributed by atoms with Gasteiger partial charge < -0.3 is 15.8 Å². The molecule has 0 heterocycles. The molecule has 0 bridgehead atoms. The van der Waals surface area contributed by atoms with Crippen LogP contribution in [0.3, 0.4) is 0 Å². The molecule has 1 aliphatic rings. The fraction of sp³-hybridized carbons (Fsp3) is 0.833. The summed E-state index contributed by atoms with van der Waals surface area (Å²) in [5.74, 6) is -0.503. The summed E-state index contributed by atoms with van der Waals surface area (Å²) in [4.78, 5) is 23.2. The highest BCUT2D eigenvalue weighted by molar-refractivity contribution is 5.86. The molecule has 0 aromatic heterocycles. The van der Waals surface area contributed by atoms with E-state index in [0.29, 0.717) is 13.2 Å². The molecule has 1 amide bonds. The van der Waals surface area contributed by atoms with Gasteiger partial charge in [0.05, 0.1) is 12.0 Å². The lowest BCUT2D eigenvalue weighted by Crippen LogP contribution is -2.48. The molecule has 0 radical (unpaired) electrons. The van der Waals surface area contributed by atoms with E-state index in [9.17, 15) is 9.59 Å². The second-order valence-corrected chi connectivity index (χ2v) is 4.53. The zero-order chi connectivity index (χ0) is 12.7. The van der Waals surface area contributed by atoms with Crippen molar-refractivity contribution in [1.82, 2.24) is 5.32 Å². The Morgan fingerprint density at radius 1 is 1.29 bits per heavy atom. The van der Waals surface area contributed by atoms with Crippen molar-refractivity contribution in [3.8, 4) is 0 Å². The number of nitrogens with one attached hydrogen (secondary N) is 1. The van der Waals surface area contributed by atoms with Crippen LogP contribution in [0.4, 0.5) is 0 Å². The lowest BCUT2D eigenvalue weighted by Gasteiger charge is -2.34. The van der Waals surface area contributed by atoms with Crippen LogP contribution in [-0.2, 0) is 14.3 Å². The van der Waals surface area contributed by atoms with Gasteiger partial charge in [0.15, 0.2) is 0 Å². The summed E-state index contributed by atoms with van der Waals surface area (Å²) in [6.07, 6.45) is 4.86. The molecule has 0 unspecified atom stereocenters. The molecule has 0 aromatic carbocycles. The summed E-state index contributed by atoms with van der Waals surface area (Å²) in [5, 5.41) is 2.64. The molecule has 17 heavy (non-hydrogen) atoms. The predicted octanol–water partition coefficient (Wildman–Crippen LogP) is 0.575. The third kappa shape index (κ3) is 3.70. The Labute approximate surface area is 102 Å². The molecule has 0 aromatic rings. The normalized spacial score (nSPS) is 18.5. The van der Waals surface area contributed by atoms with E-state index in [-0.39, 0.29) is 12.5 Å². The van der Waals surface area contributed by atoms with E-state index >= 15 is 0 Å². The van der Waals surface area contributed by atoms with Gasteiger partial charge in [0.1, 0.15) is 6.54 Å². The van der Waals surface area contributed by atoms with Crippen molar-refractivity contribution in [1.29, 1.82) is 0 Å². The van der Waals surface area contributed by atoms with Crippen LogP contribution in [0.25, 0.3) is 0 Å². The minimum Gasteiger partial charge on any atom is -0.465 e. The molecule has 0 atom stereocenters. The molecule has 5 nitrogen and oxygen atoms in total. The van der Waals surface area contributed by atoms with Crippen molar-refractivity contribution >= 4 is 11.9 Å². The molecule has 3 N–H and O–H groups in total. The molecule has 5 heteroatoms. The van der Waals surface area contributed by atoms with E-state index in [4.69, 9.17) is 10.5 Å². The van der Waals surface area contributed by atoms with E-state index in [1.165, 1.54) is 0 Å². The van der Waals surface area contributed by atoms with E-state index in [1.807, 2.05) is 0 Å². The Morgan fingerprint density at radius 2 is 1.94 bits per heavy atom. The summed E-state index contributed by atoms with van der Waals surface area (Å²) < 4.78 is 4.76. The van der Waals surface area contributed by atoms with E-state index < -0.39 is 11.4 Å². The maximum Gasteiger partial charge on any atom is 0.325 e. The van der Waals surface area contributed by atoms with Gasteiger partial charge in [-0.3, -0.25) is 9.59 Å². The average molecular weight is 242 g/mol. The highest BCUT2D eigenvalue weighted by Gasteiger charge is 2.38. The van der Waals surface area contributed by atoms with Crippen LogP contribution < -0.4 is 11.1 Å². The van der Waals surface area contributed by atoms with Crippen molar-refractivity contribution in [2.24, 2.45) is 11.1 Å². The van der Waals surface area contributed by atoms with Gasteiger partial charge >= 0.3 is 5.97 Å². The van der Waals surface area contributed by atoms with Gasteiger partial charge in [0, 0.05) is 6.54 Å². The van der Waals surface area contributed by atoms with Crippen molar-refractivity contribution in [2.75, 3.05) is 19.7 Å². The Morgan fingerprint density at radius 3 is 2.47 bits per heavy atom. The first kappa shape index (κ1) is 14.0. The molecule has 1 saturated carbocycles. The molecular weight excluding hydrogens is 220 g/mol. The summed E-state index contributed by atoms with van der Waals surface area (Å²) in [6, 6.07) is 0. The van der Waals surface area contributed by atoms with Crippen LogP contribution in [-0.4, -0.2) is 31.6 Å². The number of carbonyl (C=O) groups excluding carboxylic acids is 2. The number of hydrogen-bond donors (Lipinski definition) is 2. The highest BCUT2D eigenvalue weighted by Crippen LogP contribution is 2.35. The van der Waals surface area contributed by atoms with Crippen LogP contribution in [0, 0.1) is 5.41 Å². The second kappa shape index (κ2) is 6.59. The monoisotopic (exact) mass is 242 g/mol. The van der Waals surface area contributed by atoms with Crippen LogP contribution in [0.15, 0.2) is 0 Å². The van der Waals surface area contributed by atoms with Crippen molar-refractivity contribution in [3.63, 3.8) is 0 Å². The third-order valence-electron chi connectivity index (χ3n) is 3.38. The number of nitrogens with two attached hydrogens (primary N) is 1. The minimum absolute atomic E-state index is 0.0611. The Kier molecular flexibility index (Phi) is 5.41. The van der Waals surface area contributed by atoms with Crippen molar-refractivity contribution in [2.45, 2.75) is 39.0 Å². The summed E-state index contributed by atoms with van der Waals surface area (Å²) in [5.41, 5.74) is 5.26. The maximum atomic E-state index is 12.1. The van der Waals surface area contributed by atoms with E-state index in [1.54, 1.807) is 6.92 Å². The van der Waals surface area contributed by atoms with Gasteiger partial charge in [0.25, 0.3) is 0 Å². The van der Waals surface area contributed by atoms with Gasteiger partial charge in [-0.1, -0.05) is 19.3 Å². The summed E-state index contributed by atoms with van der Waals surface area (Å²) >= 11 is 0. The second-order valence-electron chi connectivity index (χ2n) is 4.53. The zero-order valence-corrected chi connectivity index (χ0v) is 10.5. The largest absolute Gasteiger partial charge is 0.465 e. The van der Waals surface area contributed by atoms with E-state index in [0.717, 1.165) is 32.1 Å². The number of hydrogen-bond acceptors (Lipinski definition) is 4. The molecule has 0 aliphatic heterocycles. The molecule has 1 aliphatic carbocycles. The predicted molar refractivity (Wildman–Crippen MR) is 64.2 cm³/mol. The van der Waals surface area contributed by atoms with Gasteiger partial charge in [-0.2, -0.15) is 0 Å². The van der Waals surface area contributed by atoms with Gasteiger partial charge in [0.2, 0.25) is 5.91 Å². The quantitative estimate of drug-likeness (QED) is 0.691. The fourth-order valence-electron chi connectivity index (χ4n) is 2.30. The molecule has 1 fully saturated rings. The topological polar surface area (TPSA) is 81.4 Å². The molecule has 0 saturated heterocycles. The maximum absolute atomic E-state index is 12.1. The lowest BCUT2D eigenvalue weighted by molar-refractivity contribution is -0.145. The van der Waals surface area contributed by atoms with Gasteiger partial charge in [-0.25, -0.2) is 0 Å². The number of rotatable bonds is 5. The Bertz CT molecular complexity index is 273. The van der Waals surface area contributed by atoms with Gasteiger partial charge in [-0.15, -0.1) is 0 Å². The number of carbonyl (C=O) groups is 2. The van der Waals surface area contributed by atoms with Crippen LogP contribution >= 0.6 is 0 Å². The molecule has 98 valence electrons. The minimum atomic E-state index is -0.468. The fourth-order valence-corrected chi connectivity index (χ4v) is 2.30. The highest BCUT2D eigenvalue weighted by atomic mass is 16.5. The number of amides is 1. The Hall–Kier alpha value is -1.10. The molecule has 1 rings (SSSR count). The molecule has 0 spiro atoms. The smallest absolute Gasteiger partial charge is 0.325 e. The third-order valence-corrected chi connectivity index (χ3v) is 3.38. The van der Waals surface area contributed by atoms with Crippen LogP contribution in [0.1, 0.15) is 39.0 Å². The number of ether oxygens (including phenoxy) is 1. The van der Waals surface area contributed by atoms with Crippen LogP contribution in [0.2, 0.25) is 0 Å². The zero-order valence-electron chi connectivity index (χ0n) is 10.5. The van der Waals surface area contributed by atoms with Crippen molar-refractivity contribution in [3.05, 3.63) is 0 Å². The number of esters is 1.